The second kappa shape index (κ2) is 12.9. The van der Waals surface area contributed by atoms with Gasteiger partial charge in [0.05, 0.1) is 6.54 Å². The van der Waals surface area contributed by atoms with Gasteiger partial charge < -0.3 is 14.4 Å². The summed E-state index contributed by atoms with van der Waals surface area (Å²) in [7, 11) is 0. The maximum Gasteiger partial charge on any atom is 0.254 e. The fraction of sp³-hybridized carbons (Fsp3) is 0.400. The SMILES string of the molecule is CCCN(CC(=O)N(Cc1cccn1Cc1ccc(Br)cc1)C1CCCCC1)C(=O)c1ccccc1. The molecule has 0 atom stereocenters. The molecule has 190 valence electrons. The summed E-state index contributed by atoms with van der Waals surface area (Å²) in [6, 6.07) is 22.0. The minimum atomic E-state index is -0.0759. The number of aromatic nitrogens is 1. The van der Waals surface area contributed by atoms with Gasteiger partial charge in [0.25, 0.3) is 5.91 Å². The van der Waals surface area contributed by atoms with Gasteiger partial charge in [-0.25, -0.2) is 0 Å². The summed E-state index contributed by atoms with van der Waals surface area (Å²) in [5, 5.41) is 0. The maximum atomic E-state index is 13.8. The van der Waals surface area contributed by atoms with E-state index in [-0.39, 0.29) is 24.4 Å². The van der Waals surface area contributed by atoms with Gasteiger partial charge in [-0.05, 0) is 61.2 Å². The summed E-state index contributed by atoms with van der Waals surface area (Å²) < 4.78 is 3.29. The summed E-state index contributed by atoms with van der Waals surface area (Å²) in [5.74, 6) is -0.0379. The van der Waals surface area contributed by atoms with Gasteiger partial charge in [-0.15, -0.1) is 0 Å². The van der Waals surface area contributed by atoms with Crippen LogP contribution in [0.1, 0.15) is 67.1 Å². The molecule has 0 spiro atoms. The predicted molar refractivity (Wildman–Crippen MR) is 148 cm³/mol. The molecule has 1 heterocycles. The molecule has 0 N–H and O–H groups in total. The van der Waals surface area contributed by atoms with Crippen LogP contribution in [0.4, 0.5) is 0 Å². The summed E-state index contributed by atoms with van der Waals surface area (Å²) in [5.41, 5.74) is 2.97. The van der Waals surface area contributed by atoms with E-state index in [1.54, 1.807) is 4.90 Å². The highest BCUT2D eigenvalue weighted by atomic mass is 79.9. The smallest absolute Gasteiger partial charge is 0.254 e. The first-order valence-electron chi connectivity index (χ1n) is 13.1. The third-order valence-corrected chi connectivity index (χ3v) is 7.51. The Morgan fingerprint density at radius 1 is 0.944 bits per heavy atom. The number of carbonyl (C=O) groups is 2. The van der Waals surface area contributed by atoms with Crippen LogP contribution < -0.4 is 0 Å². The van der Waals surface area contributed by atoms with Gasteiger partial charge in [0, 0.05) is 41.1 Å². The molecule has 2 aromatic carbocycles. The Labute approximate surface area is 223 Å². The van der Waals surface area contributed by atoms with E-state index in [1.807, 2.05) is 42.2 Å². The third kappa shape index (κ3) is 6.88. The third-order valence-electron chi connectivity index (χ3n) is 6.99. The van der Waals surface area contributed by atoms with Crippen LogP contribution in [0.3, 0.4) is 0 Å². The predicted octanol–water partition coefficient (Wildman–Crippen LogP) is 6.51. The molecule has 0 bridgehead atoms. The van der Waals surface area contributed by atoms with Gasteiger partial charge in [0.2, 0.25) is 5.91 Å². The lowest BCUT2D eigenvalue weighted by Gasteiger charge is -2.36. The normalized spacial score (nSPS) is 13.9. The van der Waals surface area contributed by atoms with E-state index in [9.17, 15) is 9.59 Å². The van der Waals surface area contributed by atoms with Crippen molar-refractivity contribution >= 4 is 27.7 Å². The zero-order valence-corrected chi connectivity index (χ0v) is 22.7. The van der Waals surface area contributed by atoms with E-state index in [4.69, 9.17) is 0 Å². The van der Waals surface area contributed by atoms with Crippen LogP contribution in [-0.4, -0.2) is 45.3 Å². The summed E-state index contributed by atoms with van der Waals surface area (Å²) in [4.78, 5) is 30.8. The van der Waals surface area contributed by atoms with Crippen LogP contribution in [-0.2, 0) is 17.9 Å². The summed E-state index contributed by atoms with van der Waals surface area (Å²) >= 11 is 3.51. The van der Waals surface area contributed by atoms with Crippen molar-refractivity contribution in [2.45, 2.75) is 64.6 Å². The van der Waals surface area contributed by atoms with E-state index in [0.29, 0.717) is 18.7 Å². The van der Waals surface area contributed by atoms with E-state index in [0.717, 1.165) is 48.8 Å². The molecule has 0 aliphatic heterocycles. The van der Waals surface area contributed by atoms with Crippen molar-refractivity contribution in [3.63, 3.8) is 0 Å². The highest BCUT2D eigenvalue weighted by Crippen LogP contribution is 2.25. The fourth-order valence-corrected chi connectivity index (χ4v) is 5.33. The quantitative estimate of drug-likeness (QED) is 0.289. The lowest BCUT2D eigenvalue weighted by Crippen LogP contribution is -2.47. The lowest BCUT2D eigenvalue weighted by molar-refractivity contribution is -0.135. The molecule has 5 nitrogen and oxygen atoms in total. The standard InChI is InChI=1S/C30H36BrN3O2/c1-2-19-33(30(36)25-10-5-3-6-11-25)23-29(35)34(27-12-7-4-8-13-27)22-28-14-9-20-32(28)21-24-15-17-26(31)18-16-24/h3,5-6,9-11,14-18,20,27H,2,4,7-8,12-13,19,21-23H2,1H3. The minimum absolute atomic E-state index is 0.0380. The molecule has 0 saturated heterocycles. The number of hydrogen-bond acceptors (Lipinski definition) is 2. The van der Waals surface area contributed by atoms with E-state index < -0.39 is 0 Å². The number of halogens is 1. The van der Waals surface area contributed by atoms with Gasteiger partial charge >= 0.3 is 0 Å². The maximum absolute atomic E-state index is 13.8. The van der Waals surface area contributed by atoms with Gasteiger partial charge in [-0.1, -0.05) is 72.4 Å². The molecule has 6 heteroatoms. The average molecular weight is 551 g/mol. The first kappa shape index (κ1) is 26.2. The zero-order chi connectivity index (χ0) is 25.3. The van der Waals surface area contributed by atoms with Crippen molar-refractivity contribution in [2.24, 2.45) is 0 Å². The molecule has 4 rings (SSSR count). The van der Waals surface area contributed by atoms with E-state index >= 15 is 0 Å². The van der Waals surface area contributed by atoms with Gasteiger partial charge in [0.1, 0.15) is 6.54 Å². The summed E-state index contributed by atoms with van der Waals surface area (Å²) in [6.07, 6.45) is 8.48. The number of benzene rings is 2. The topological polar surface area (TPSA) is 45.6 Å². The van der Waals surface area contributed by atoms with Gasteiger partial charge in [-0.2, -0.15) is 0 Å². The minimum Gasteiger partial charge on any atom is -0.345 e. The molecular weight excluding hydrogens is 514 g/mol. The Morgan fingerprint density at radius 3 is 2.36 bits per heavy atom. The Kier molecular flexibility index (Phi) is 9.40. The van der Waals surface area contributed by atoms with Gasteiger partial charge in [0.15, 0.2) is 0 Å². The Hall–Kier alpha value is -2.86. The number of amides is 2. The van der Waals surface area contributed by atoms with Crippen molar-refractivity contribution in [3.05, 3.63) is 94.2 Å². The molecule has 36 heavy (non-hydrogen) atoms. The highest BCUT2D eigenvalue weighted by molar-refractivity contribution is 9.10. The molecule has 3 aromatic rings. The zero-order valence-electron chi connectivity index (χ0n) is 21.1. The van der Waals surface area contributed by atoms with Crippen LogP contribution in [0, 0.1) is 0 Å². The number of nitrogens with zero attached hydrogens (tertiary/aromatic N) is 3. The molecule has 0 unspecified atom stereocenters. The molecule has 1 aliphatic rings. The number of carbonyl (C=O) groups excluding carboxylic acids is 2. The van der Waals surface area contributed by atoms with Crippen LogP contribution in [0.25, 0.3) is 0 Å². The Morgan fingerprint density at radius 2 is 1.67 bits per heavy atom. The van der Waals surface area contributed by atoms with Crippen molar-refractivity contribution < 1.29 is 9.59 Å². The summed E-state index contributed by atoms with van der Waals surface area (Å²) in [6.45, 7) is 4.05. The van der Waals surface area contributed by atoms with Crippen molar-refractivity contribution in [1.29, 1.82) is 0 Å². The Balaban J connectivity index is 1.53. The van der Waals surface area contributed by atoms with Crippen molar-refractivity contribution in [1.82, 2.24) is 14.4 Å². The molecule has 1 saturated carbocycles. The molecule has 0 radical (unpaired) electrons. The first-order valence-corrected chi connectivity index (χ1v) is 13.9. The fourth-order valence-electron chi connectivity index (χ4n) is 5.06. The van der Waals surface area contributed by atoms with Crippen LogP contribution in [0.2, 0.25) is 0 Å². The monoisotopic (exact) mass is 549 g/mol. The van der Waals surface area contributed by atoms with Crippen LogP contribution in [0.5, 0.6) is 0 Å². The average Bonchev–Trinajstić information content (AvgIpc) is 3.35. The molecule has 1 fully saturated rings. The first-order chi connectivity index (χ1) is 17.5. The van der Waals surface area contributed by atoms with E-state index in [1.165, 1.54) is 12.0 Å². The van der Waals surface area contributed by atoms with Crippen molar-refractivity contribution in [3.8, 4) is 0 Å². The molecular formula is C30H36BrN3O2. The number of hydrogen-bond donors (Lipinski definition) is 0. The largest absolute Gasteiger partial charge is 0.345 e. The second-order valence-corrected chi connectivity index (χ2v) is 10.6. The Bertz CT molecular complexity index is 1120. The van der Waals surface area contributed by atoms with E-state index in [2.05, 4.69) is 63.1 Å². The highest BCUT2D eigenvalue weighted by Gasteiger charge is 2.29. The molecule has 1 aliphatic carbocycles. The molecule has 1 aromatic heterocycles. The van der Waals surface area contributed by atoms with Crippen LogP contribution in [0.15, 0.2) is 77.4 Å². The van der Waals surface area contributed by atoms with Gasteiger partial charge in [-0.3, -0.25) is 9.59 Å². The second-order valence-electron chi connectivity index (χ2n) is 9.66. The lowest BCUT2D eigenvalue weighted by atomic mass is 9.94. The number of rotatable bonds is 10. The molecule has 2 amide bonds. The van der Waals surface area contributed by atoms with Crippen LogP contribution >= 0.6 is 15.9 Å². The van der Waals surface area contributed by atoms with Crippen molar-refractivity contribution in [2.75, 3.05) is 13.1 Å².